The van der Waals surface area contributed by atoms with Gasteiger partial charge >= 0.3 is 0 Å². The summed E-state index contributed by atoms with van der Waals surface area (Å²) in [5.74, 6) is -0.292. The molecule has 0 aliphatic rings. The summed E-state index contributed by atoms with van der Waals surface area (Å²) in [7, 11) is 0. The molecule has 0 aliphatic heterocycles. The first kappa shape index (κ1) is 19.3. The van der Waals surface area contributed by atoms with Crippen LogP contribution in [0.25, 0.3) is 22.8 Å². The molecule has 3 aromatic carbocycles. The number of rotatable bonds is 6. The molecule has 1 N–H and O–H groups in total. The van der Waals surface area contributed by atoms with Crippen molar-refractivity contribution in [2.24, 2.45) is 0 Å². The minimum absolute atomic E-state index is 0.199. The van der Waals surface area contributed by atoms with E-state index in [4.69, 9.17) is 9.26 Å². The molecule has 1 amide bonds. The fourth-order valence-corrected chi connectivity index (χ4v) is 2.69. The number of carbonyl (C=O) groups is 1. The van der Waals surface area contributed by atoms with Gasteiger partial charge in [0.1, 0.15) is 17.4 Å². The maximum absolute atomic E-state index is 13.1. The van der Waals surface area contributed by atoms with Gasteiger partial charge in [-0.2, -0.15) is 4.98 Å². The van der Waals surface area contributed by atoms with Crippen LogP contribution in [0.2, 0.25) is 0 Å². The van der Waals surface area contributed by atoms with E-state index in [2.05, 4.69) is 15.5 Å². The summed E-state index contributed by atoms with van der Waals surface area (Å²) in [5.41, 5.74) is 1.58. The third-order valence-electron chi connectivity index (χ3n) is 4.14. The molecule has 150 valence electrons. The van der Waals surface area contributed by atoms with Crippen LogP contribution in [0, 0.1) is 11.6 Å². The number of amides is 1. The molecule has 1 heterocycles. The number of halogens is 2. The van der Waals surface area contributed by atoms with Gasteiger partial charge in [-0.15, -0.1) is 0 Å². The van der Waals surface area contributed by atoms with E-state index in [-0.39, 0.29) is 24.1 Å². The van der Waals surface area contributed by atoms with Crippen molar-refractivity contribution in [3.63, 3.8) is 0 Å². The Kier molecular flexibility index (Phi) is 5.47. The molecule has 6 nitrogen and oxygen atoms in total. The number of para-hydroxylation sites is 1. The van der Waals surface area contributed by atoms with E-state index in [0.29, 0.717) is 28.4 Å². The molecule has 0 bridgehead atoms. The standard InChI is InChI=1S/C22H15F2N3O3/c23-15-7-5-14(6-8-15)21-26-22(30-27-21)18-3-1-2-4-19(18)25-20(28)13-29-17-11-9-16(24)10-12-17/h1-12H,13H2,(H,25,28). The summed E-state index contributed by atoms with van der Waals surface area (Å²) < 4.78 is 36.7. The van der Waals surface area contributed by atoms with Crippen LogP contribution >= 0.6 is 0 Å². The van der Waals surface area contributed by atoms with Crippen molar-refractivity contribution in [2.45, 2.75) is 0 Å². The number of aromatic nitrogens is 2. The van der Waals surface area contributed by atoms with E-state index < -0.39 is 5.91 Å². The maximum atomic E-state index is 13.1. The van der Waals surface area contributed by atoms with Crippen molar-refractivity contribution in [3.05, 3.63) is 84.4 Å². The molecule has 0 saturated heterocycles. The molecule has 0 radical (unpaired) electrons. The Morgan fingerprint density at radius 1 is 0.933 bits per heavy atom. The fraction of sp³-hybridized carbons (Fsp3) is 0.0455. The zero-order valence-corrected chi connectivity index (χ0v) is 15.5. The van der Waals surface area contributed by atoms with Gasteiger partial charge in [0, 0.05) is 5.56 Å². The first-order valence-electron chi connectivity index (χ1n) is 8.96. The molecule has 8 heteroatoms. The molecule has 0 unspecified atom stereocenters. The second-order valence-corrected chi connectivity index (χ2v) is 6.27. The first-order chi connectivity index (χ1) is 14.6. The Morgan fingerprint density at radius 3 is 2.33 bits per heavy atom. The number of hydrogen-bond acceptors (Lipinski definition) is 5. The summed E-state index contributed by atoms with van der Waals surface area (Å²) in [6, 6.07) is 18.0. The fourth-order valence-electron chi connectivity index (χ4n) is 2.69. The summed E-state index contributed by atoms with van der Waals surface area (Å²) in [6.07, 6.45) is 0. The summed E-state index contributed by atoms with van der Waals surface area (Å²) in [4.78, 5) is 16.6. The van der Waals surface area contributed by atoms with E-state index in [1.165, 1.54) is 36.4 Å². The van der Waals surface area contributed by atoms with Crippen LogP contribution in [0.15, 0.2) is 77.3 Å². The van der Waals surface area contributed by atoms with Gasteiger partial charge in [0.15, 0.2) is 6.61 Å². The van der Waals surface area contributed by atoms with Gasteiger partial charge in [0.2, 0.25) is 5.82 Å². The van der Waals surface area contributed by atoms with Crippen molar-refractivity contribution in [3.8, 4) is 28.6 Å². The highest BCUT2D eigenvalue weighted by atomic mass is 19.1. The first-order valence-corrected chi connectivity index (χ1v) is 8.96. The number of carbonyl (C=O) groups excluding carboxylic acids is 1. The highest BCUT2D eigenvalue weighted by molar-refractivity contribution is 5.95. The van der Waals surface area contributed by atoms with E-state index in [1.807, 2.05) is 0 Å². The lowest BCUT2D eigenvalue weighted by molar-refractivity contribution is -0.118. The second-order valence-electron chi connectivity index (χ2n) is 6.27. The summed E-state index contributed by atoms with van der Waals surface area (Å²) >= 11 is 0. The zero-order chi connectivity index (χ0) is 20.9. The minimum atomic E-state index is -0.412. The van der Waals surface area contributed by atoms with Crippen LogP contribution < -0.4 is 10.1 Å². The molecular formula is C22H15F2N3O3. The quantitative estimate of drug-likeness (QED) is 0.501. The average Bonchev–Trinajstić information content (AvgIpc) is 3.24. The molecule has 0 atom stereocenters. The van der Waals surface area contributed by atoms with Crippen LogP contribution in [-0.4, -0.2) is 22.7 Å². The van der Waals surface area contributed by atoms with Gasteiger partial charge in [-0.25, -0.2) is 8.78 Å². The second kappa shape index (κ2) is 8.52. The third-order valence-corrected chi connectivity index (χ3v) is 4.14. The Bertz CT molecular complexity index is 1160. The van der Waals surface area contributed by atoms with E-state index in [9.17, 15) is 13.6 Å². The Hall–Kier alpha value is -4.07. The van der Waals surface area contributed by atoms with Crippen molar-refractivity contribution in [1.82, 2.24) is 10.1 Å². The lowest BCUT2D eigenvalue weighted by Gasteiger charge is -2.09. The predicted molar refractivity (Wildman–Crippen MR) is 106 cm³/mol. The van der Waals surface area contributed by atoms with Gasteiger partial charge in [-0.3, -0.25) is 4.79 Å². The van der Waals surface area contributed by atoms with Crippen LogP contribution in [0.4, 0.5) is 14.5 Å². The Labute approximate surface area is 170 Å². The average molecular weight is 407 g/mol. The molecule has 4 rings (SSSR count). The molecule has 4 aromatic rings. The van der Waals surface area contributed by atoms with Gasteiger partial charge in [0.25, 0.3) is 11.8 Å². The summed E-state index contributed by atoms with van der Waals surface area (Å²) in [6.45, 7) is -0.259. The maximum Gasteiger partial charge on any atom is 0.262 e. The van der Waals surface area contributed by atoms with Crippen LogP contribution in [0.1, 0.15) is 0 Å². The monoisotopic (exact) mass is 407 g/mol. The van der Waals surface area contributed by atoms with Crippen LogP contribution in [0.3, 0.4) is 0 Å². The molecule has 0 fully saturated rings. The highest BCUT2D eigenvalue weighted by Gasteiger charge is 2.15. The van der Waals surface area contributed by atoms with Crippen molar-refractivity contribution in [1.29, 1.82) is 0 Å². The van der Waals surface area contributed by atoms with Crippen molar-refractivity contribution in [2.75, 3.05) is 11.9 Å². The minimum Gasteiger partial charge on any atom is -0.484 e. The summed E-state index contributed by atoms with van der Waals surface area (Å²) in [5, 5.41) is 6.65. The van der Waals surface area contributed by atoms with Crippen LogP contribution in [-0.2, 0) is 4.79 Å². The normalized spacial score (nSPS) is 10.6. The SMILES string of the molecule is O=C(COc1ccc(F)cc1)Nc1ccccc1-c1nc(-c2ccc(F)cc2)no1. The molecule has 0 saturated carbocycles. The number of hydrogen-bond donors (Lipinski definition) is 1. The van der Waals surface area contributed by atoms with Gasteiger partial charge in [0.05, 0.1) is 11.3 Å². The molecule has 1 aromatic heterocycles. The highest BCUT2D eigenvalue weighted by Crippen LogP contribution is 2.28. The van der Waals surface area contributed by atoms with Crippen molar-refractivity contribution >= 4 is 11.6 Å². The third kappa shape index (κ3) is 4.49. The van der Waals surface area contributed by atoms with E-state index in [1.54, 1.807) is 36.4 Å². The lowest BCUT2D eigenvalue weighted by Crippen LogP contribution is -2.20. The number of ether oxygens (including phenoxy) is 1. The number of nitrogens with zero attached hydrogens (tertiary/aromatic N) is 2. The number of benzene rings is 3. The Morgan fingerprint density at radius 2 is 1.60 bits per heavy atom. The van der Waals surface area contributed by atoms with Gasteiger partial charge in [-0.1, -0.05) is 17.3 Å². The number of nitrogens with one attached hydrogen (secondary N) is 1. The largest absolute Gasteiger partial charge is 0.484 e. The molecule has 0 aliphatic carbocycles. The van der Waals surface area contributed by atoms with E-state index >= 15 is 0 Å². The van der Waals surface area contributed by atoms with E-state index in [0.717, 1.165) is 0 Å². The van der Waals surface area contributed by atoms with Crippen LogP contribution in [0.5, 0.6) is 5.75 Å². The lowest BCUT2D eigenvalue weighted by atomic mass is 10.1. The molecule has 0 spiro atoms. The smallest absolute Gasteiger partial charge is 0.262 e. The molecular weight excluding hydrogens is 392 g/mol. The van der Waals surface area contributed by atoms with Crippen molar-refractivity contribution < 1.29 is 22.8 Å². The number of anilines is 1. The zero-order valence-electron chi connectivity index (χ0n) is 15.5. The topological polar surface area (TPSA) is 77.2 Å². The van der Waals surface area contributed by atoms with Gasteiger partial charge < -0.3 is 14.6 Å². The molecule has 30 heavy (non-hydrogen) atoms. The Balaban J connectivity index is 1.48. The van der Waals surface area contributed by atoms with Gasteiger partial charge in [-0.05, 0) is 60.7 Å². The predicted octanol–water partition coefficient (Wildman–Crippen LogP) is 4.70.